The van der Waals surface area contributed by atoms with Gasteiger partial charge >= 0.3 is 48.6 Å². The molecule has 1 unspecified atom stereocenters. The van der Waals surface area contributed by atoms with Crippen LogP contribution in [0.15, 0.2) is 60.2 Å². The highest BCUT2D eigenvalue weighted by Crippen LogP contribution is 2.45. The number of carboxylic acids is 4. The number of fused-ring (bicyclic) bond motifs is 2. The van der Waals surface area contributed by atoms with Gasteiger partial charge in [0.2, 0.25) is 0 Å². The number of anilines is 1. The van der Waals surface area contributed by atoms with E-state index in [9.17, 15) is 52.7 Å². The maximum atomic E-state index is 10.6. The lowest BCUT2D eigenvalue weighted by Crippen LogP contribution is -2.36. The SMILES string of the molecule is O=C(O)C(F)(F)F.O=C(O)C(F)(F)F.O=C(O)C(F)(F)F.O=C(O)C(F)(F)F.c1ccc(CN2CC3(CCN(Cc4cccs4)C3)c3ncccc32)nc1. The van der Waals surface area contributed by atoms with Crippen molar-refractivity contribution in [3.05, 3.63) is 76.5 Å². The van der Waals surface area contributed by atoms with Crippen molar-refractivity contribution in [3.63, 3.8) is 0 Å². The summed E-state index contributed by atoms with van der Waals surface area (Å²) in [6.45, 7) is 5.18. The molecule has 5 heterocycles. The van der Waals surface area contributed by atoms with Gasteiger partial charge in [-0.15, -0.1) is 11.3 Å². The smallest absolute Gasteiger partial charge is 0.475 e. The molecule has 2 aliphatic heterocycles. The summed E-state index contributed by atoms with van der Waals surface area (Å²) in [4.78, 5) is 51.5. The van der Waals surface area contributed by atoms with Gasteiger partial charge in [0, 0.05) is 42.3 Å². The Morgan fingerprint density at radius 3 is 1.54 bits per heavy atom. The standard InChI is InChI=1S/C21H22N4S.4C2HF3O2/c1-2-9-22-17(5-1)13-25-16-21(20-19(25)7-3-10-23-20)8-11-24(15-21)14-18-6-4-12-26-18;4*3-2(4,5)1(6)7/h1-7,9-10,12H,8,11,13-16H2;4*(H,6,7). The number of hydrogen-bond acceptors (Lipinski definition) is 9. The van der Waals surface area contributed by atoms with Crippen molar-refractivity contribution in [3.8, 4) is 0 Å². The summed E-state index contributed by atoms with van der Waals surface area (Å²) in [6, 6.07) is 14.8. The average Bonchev–Trinajstić information content (AvgIpc) is 3.78. The lowest BCUT2D eigenvalue weighted by molar-refractivity contribution is -0.193. The molecule has 1 atom stereocenters. The summed E-state index contributed by atoms with van der Waals surface area (Å²) in [5.41, 5.74) is 3.84. The minimum absolute atomic E-state index is 0.155. The average molecular weight is 819 g/mol. The summed E-state index contributed by atoms with van der Waals surface area (Å²) in [6.07, 6.45) is -15.3. The van der Waals surface area contributed by atoms with E-state index < -0.39 is 48.6 Å². The molecule has 1 fully saturated rings. The fourth-order valence-electron chi connectivity index (χ4n) is 4.45. The number of pyridine rings is 2. The number of aliphatic carboxylic acids is 4. The fraction of sp³-hybridized carbons (Fsp3) is 0.379. The Labute approximate surface area is 298 Å². The molecule has 0 radical (unpaired) electrons. The van der Waals surface area contributed by atoms with Gasteiger partial charge in [-0.3, -0.25) is 14.9 Å². The number of nitrogens with zero attached hydrogens (tertiary/aromatic N) is 4. The summed E-state index contributed by atoms with van der Waals surface area (Å²) >= 11 is 1.85. The number of carboxylic acid groups (broad SMARTS) is 4. The van der Waals surface area contributed by atoms with Gasteiger partial charge in [-0.1, -0.05) is 12.1 Å². The number of thiophene rings is 1. The zero-order valence-corrected chi connectivity index (χ0v) is 27.5. The molecule has 2 aliphatic rings. The Hall–Kier alpha value is -5.20. The van der Waals surface area contributed by atoms with Crippen LogP contribution in [0.5, 0.6) is 0 Å². The van der Waals surface area contributed by atoms with Gasteiger partial charge in [0.1, 0.15) is 0 Å². The van der Waals surface area contributed by atoms with Crippen LogP contribution in [0.3, 0.4) is 0 Å². The van der Waals surface area contributed by atoms with Crippen LogP contribution in [-0.4, -0.2) is 104 Å². The molecule has 3 aromatic rings. The summed E-state index contributed by atoms with van der Waals surface area (Å²) in [7, 11) is 0. The van der Waals surface area contributed by atoms with Gasteiger partial charge in [0.25, 0.3) is 0 Å². The van der Waals surface area contributed by atoms with Gasteiger partial charge < -0.3 is 25.3 Å². The van der Waals surface area contributed by atoms with E-state index >= 15 is 0 Å². The van der Waals surface area contributed by atoms with Crippen LogP contribution >= 0.6 is 11.3 Å². The van der Waals surface area contributed by atoms with Crippen LogP contribution < -0.4 is 4.90 Å². The molecule has 1 spiro atoms. The number of alkyl halides is 12. The van der Waals surface area contributed by atoms with Crippen molar-refractivity contribution in [2.45, 2.75) is 49.6 Å². The molecular weight excluding hydrogens is 792 g/mol. The first kappa shape index (κ1) is 46.8. The van der Waals surface area contributed by atoms with Crippen molar-refractivity contribution in [1.29, 1.82) is 0 Å². The summed E-state index contributed by atoms with van der Waals surface area (Å²) < 4.78 is 127. The molecule has 0 saturated carbocycles. The molecule has 0 aromatic carbocycles. The van der Waals surface area contributed by atoms with Crippen LogP contribution in [0.25, 0.3) is 0 Å². The number of likely N-dealkylation sites (tertiary alicyclic amines) is 1. The lowest BCUT2D eigenvalue weighted by atomic mass is 9.85. The number of aromatic nitrogens is 2. The van der Waals surface area contributed by atoms with Gasteiger partial charge in [0.15, 0.2) is 0 Å². The molecule has 0 aliphatic carbocycles. The molecule has 25 heteroatoms. The molecular formula is C29H26F12N4O8S. The zero-order valence-electron chi connectivity index (χ0n) is 26.7. The molecule has 5 rings (SSSR count). The van der Waals surface area contributed by atoms with Gasteiger partial charge in [-0.25, -0.2) is 19.2 Å². The predicted molar refractivity (Wildman–Crippen MR) is 160 cm³/mol. The molecule has 0 amide bonds. The maximum absolute atomic E-state index is 10.6. The van der Waals surface area contributed by atoms with Crippen LogP contribution in [0.4, 0.5) is 58.4 Å². The Morgan fingerprint density at radius 1 is 0.648 bits per heavy atom. The predicted octanol–water partition coefficient (Wildman–Crippen LogP) is 6.24. The third-order valence-electron chi connectivity index (χ3n) is 6.56. The topological polar surface area (TPSA) is 181 Å². The minimum Gasteiger partial charge on any atom is -0.475 e. The fourth-order valence-corrected chi connectivity index (χ4v) is 5.20. The van der Waals surface area contributed by atoms with Crippen molar-refractivity contribution in [2.24, 2.45) is 0 Å². The second-order valence-corrected chi connectivity index (χ2v) is 11.6. The highest BCUT2D eigenvalue weighted by molar-refractivity contribution is 7.09. The number of hydrogen-bond donors (Lipinski definition) is 4. The van der Waals surface area contributed by atoms with E-state index in [1.165, 1.54) is 22.7 Å². The van der Waals surface area contributed by atoms with Crippen LogP contribution in [0, 0.1) is 0 Å². The van der Waals surface area contributed by atoms with E-state index in [0.717, 1.165) is 38.4 Å². The van der Waals surface area contributed by atoms with Gasteiger partial charge in [0.05, 0.1) is 23.6 Å². The summed E-state index contributed by atoms with van der Waals surface area (Å²) in [5.74, 6) is -11.0. The highest BCUT2D eigenvalue weighted by Gasteiger charge is 2.48. The Balaban J connectivity index is 0.000000427. The Kier molecular flexibility index (Phi) is 16.7. The van der Waals surface area contributed by atoms with E-state index in [4.69, 9.17) is 44.6 Å². The third-order valence-corrected chi connectivity index (χ3v) is 7.43. The quantitative estimate of drug-likeness (QED) is 0.218. The van der Waals surface area contributed by atoms with Crippen molar-refractivity contribution < 1.29 is 92.3 Å². The molecule has 0 bridgehead atoms. The van der Waals surface area contributed by atoms with E-state index in [1.807, 2.05) is 29.8 Å². The number of rotatable bonds is 4. The van der Waals surface area contributed by atoms with E-state index in [-0.39, 0.29) is 5.41 Å². The van der Waals surface area contributed by atoms with E-state index in [2.05, 4.69) is 56.6 Å². The lowest BCUT2D eigenvalue weighted by Gasteiger charge is -2.25. The Morgan fingerprint density at radius 2 is 1.13 bits per heavy atom. The first-order valence-electron chi connectivity index (χ1n) is 14.2. The van der Waals surface area contributed by atoms with E-state index in [1.54, 1.807) is 0 Å². The number of carbonyl (C=O) groups is 4. The van der Waals surface area contributed by atoms with Gasteiger partial charge in [-0.2, -0.15) is 52.7 Å². The normalized spacial score (nSPS) is 16.6. The molecule has 3 aromatic heterocycles. The second kappa shape index (κ2) is 19.2. The summed E-state index contributed by atoms with van der Waals surface area (Å²) in [5, 5.41) is 30.7. The van der Waals surface area contributed by atoms with Crippen molar-refractivity contribution >= 4 is 40.9 Å². The molecule has 4 N–H and O–H groups in total. The number of halogens is 12. The maximum Gasteiger partial charge on any atom is 0.490 e. The largest absolute Gasteiger partial charge is 0.490 e. The van der Waals surface area contributed by atoms with E-state index in [0.29, 0.717) is 0 Å². The highest BCUT2D eigenvalue weighted by atomic mass is 32.1. The van der Waals surface area contributed by atoms with Gasteiger partial charge in [-0.05, 0) is 48.7 Å². The minimum atomic E-state index is -5.08. The zero-order chi connectivity index (χ0) is 41.7. The van der Waals surface area contributed by atoms with Crippen LogP contribution in [0.2, 0.25) is 0 Å². The monoisotopic (exact) mass is 818 g/mol. The van der Waals surface area contributed by atoms with Crippen LogP contribution in [0.1, 0.15) is 22.7 Å². The first-order valence-corrected chi connectivity index (χ1v) is 15.0. The molecule has 1 saturated heterocycles. The molecule has 12 nitrogen and oxygen atoms in total. The van der Waals surface area contributed by atoms with Crippen LogP contribution in [-0.2, 0) is 37.7 Å². The third kappa shape index (κ3) is 15.8. The van der Waals surface area contributed by atoms with Crippen molar-refractivity contribution in [2.75, 3.05) is 24.5 Å². The first-order chi connectivity index (χ1) is 24.6. The van der Waals surface area contributed by atoms with Crippen molar-refractivity contribution in [1.82, 2.24) is 14.9 Å². The second-order valence-electron chi connectivity index (χ2n) is 10.6. The Bertz CT molecular complexity index is 1580. The molecule has 54 heavy (non-hydrogen) atoms. The molecule has 300 valence electrons.